The highest BCUT2D eigenvalue weighted by Gasteiger charge is 2.01. The SMILES string of the molecule is CC(=N)SCc1ccc(Cl)c(F)c1. The van der Waals surface area contributed by atoms with Crippen LogP contribution in [0.15, 0.2) is 18.2 Å². The van der Waals surface area contributed by atoms with Crippen LogP contribution >= 0.6 is 23.4 Å². The third-order valence-corrected chi connectivity index (χ3v) is 2.66. The quantitative estimate of drug-likeness (QED) is 0.593. The minimum absolute atomic E-state index is 0.139. The van der Waals surface area contributed by atoms with Crippen LogP contribution in [0.4, 0.5) is 4.39 Å². The Morgan fingerprint density at radius 2 is 2.31 bits per heavy atom. The molecule has 0 saturated carbocycles. The number of thioether (sulfide) groups is 1. The summed E-state index contributed by atoms with van der Waals surface area (Å²) in [5.74, 6) is 0.214. The van der Waals surface area contributed by atoms with Gasteiger partial charge in [0, 0.05) is 5.75 Å². The molecular weight excluding hydrogens is 209 g/mol. The lowest BCUT2D eigenvalue weighted by molar-refractivity contribution is 0.627. The lowest BCUT2D eigenvalue weighted by Crippen LogP contribution is -1.86. The third kappa shape index (κ3) is 3.36. The van der Waals surface area contributed by atoms with Crippen LogP contribution < -0.4 is 0 Å². The Labute approximate surface area is 85.8 Å². The van der Waals surface area contributed by atoms with Gasteiger partial charge in [0.2, 0.25) is 0 Å². The first-order chi connectivity index (χ1) is 6.09. The average Bonchev–Trinajstić information content (AvgIpc) is 2.07. The first-order valence-electron chi connectivity index (χ1n) is 3.71. The van der Waals surface area contributed by atoms with Gasteiger partial charge in [-0.25, -0.2) is 4.39 Å². The Bertz CT molecular complexity index is 327. The Balaban J connectivity index is 2.68. The normalized spacial score (nSPS) is 10.1. The number of hydrogen-bond acceptors (Lipinski definition) is 2. The van der Waals surface area contributed by atoms with E-state index in [1.54, 1.807) is 13.0 Å². The standard InChI is InChI=1S/C9H9ClFNS/c1-6(12)13-5-7-2-3-8(10)9(11)4-7/h2-4,12H,5H2,1H3. The smallest absolute Gasteiger partial charge is 0.142 e. The summed E-state index contributed by atoms with van der Waals surface area (Å²) in [5.41, 5.74) is 0.846. The van der Waals surface area contributed by atoms with E-state index in [0.29, 0.717) is 10.8 Å². The van der Waals surface area contributed by atoms with Crippen LogP contribution in [0.1, 0.15) is 12.5 Å². The largest absolute Gasteiger partial charge is 0.299 e. The summed E-state index contributed by atoms with van der Waals surface area (Å²) >= 11 is 6.89. The highest BCUT2D eigenvalue weighted by Crippen LogP contribution is 2.19. The molecule has 1 rings (SSSR count). The van der Waals surface area contributed by atoms with Crippen molar-refractivity contribution in [2.75, 3.05) is 0 Å². The second kappa shape index (κ2) is 4.63. The molecule has 0 saturated heterocycles. The molecule has 1 nitrogen and oxygen atoms in total. The molecule has 0 unspecified atom stereocenters. The van der Waals surface area contributed by atoms with Gasteiger partial charge in [0.25, 0.3) is 0 Å². The molecule has 0 atom stereocenters. The van der Waals surface area contributed by atoms with E-state index >= 15 is 0 Å². The third-order valence-electron chi connectivity index (χ3n) is 1.44. The summed E-state index contributed by atoms with van der Waals surface area (Å²) in [5, 5.41) is 7.85. The van der Waals surface area contributed by atoms with Gasteiger partial charge >= 0.3 is 0 Å². The predicted octanol–water partition coefficient (Wildman–Crippen LogP) is 3.71. The molecule has 0 heterocycles. The van der Waals surface area contributed by atoms with Gasteiger partial charge in [-0.05, 0) is 24.6 Å². The number of hydrogen-bond donors (Lipinski definition) is 1. The maximum atomic E-state index is 12.9. The van der Waals surface area contributed by atoms with Crippen LogP contribution in [-0.2, 0) is 5.75 Å². The fourth-order valence-corrected chi connectivity index (χ4v) is 1.50. The number of halogens is 2. The van der Waals surface area contributed by atoms with Crippen molar-refractivity contribution in [1.29, 1.82) is 5.41 Å². The van der Waals surface area contributed by atoms with E-state index in [0.717, 1.165) is 5.56 Å². The van der Waals surface area contributed by atoms with Crippen LogP contribution in [0.25, 0.3) is 0 Å². The molecule has 1 aromatic carbocycles. The second-order valence-corrected chi connectivity index (χ2v) is 4.19. The second-order valence-electron chi connectivity index (χ2n) is 2.59. The van der Waals surface area contributed by atoms with Crippen molar-refractivity contribution in [3.63, 3.8) is 0 Å². The zero-order valence-electron chi connectivity index (χ0n) is 7.10. The van der Waals surface area contributed by atoms with Gasteiger partial charge in [-0.1, -0.05) is 17.7 Å². The average molecular weight is 218 g/mol. The predicted molar refractivity (Wildman–Crippen MR) is 56.1 cm³/mol. The van der Waals surface area contributed by atoms with Crippen molar-refractivity contribution in [3.8, 4) is 0 Å². The van der Waals surface area contributed by atoms with E-state index in [1.165, 1.54) is 23.9 Å². The summed E-state index contributed by atoms with van der Waals surface area (Å²) in [7, 11) is 0. The van der Waals surface area contributed by atoms with Crippen molar-refractivity contribution in [2.45, 2.75) is 12.7 Å². The summed E-state index contributed by atoms with van der Waals surface area (Å²) < 4.78 is 12.9. The van der Waals surface area contributed by atoms with Crippen LogP contribution in [0.2, 0.25) is 5.02 Å². The summed E-state index contributed by atoms with van der Waals surface area (Å²) in [6.07, 6.45) is 0. The lowest BCUT2D eigenvalue weighted by Gasteiger charge is -2.00. The van der Waals surface area contributed by atoms with E-state index in [2.05, 4.69) is 0 Å². The molecular formula is C9H9ClFNS. The molecule has 0 radical (unpaired) electrons. The van der Waals surface area contributed by atoms with Crippen LogP contribution in [0.3, 0.4) is 0 Å². The topological polar surface area (TPSA) is 23.9 Å². The number of benzene rings is 1. The van der Waals surface area contributed by atoms with Gasteiger partial charge < -0.3 is 0 Å². The lowest BCUT2D eigenvalue weighted by atomic mass is 10.2. The molecule has 0 aliphatic heterocycles. The van der Waals surface area contributed by atoms with Crippen molar-refractivity contribution in [2.24, 2.45) is 0 Å². The molecule has 0 aliphatic rings. The van der Waals surface area contributed by atoms with E-state index in [1.807, 2.05) is 0 Å². The first kappa shape index (κ1) is 10.5. The molecule has 0 amide bonds. The molecule has 0 aliphatic carbocycles. The summed E-state index contributed by atoms with van der Waals surface area (Å²) in [6.45, 7) is 1.71. The molecule has 0 bridgehead atoms. The minimum Gasteiger partial charge on any atom is -0.299 e. The molecule has 1 aromatic rings. The maximum Gasteiger partial charge on any atom is 0.142 e. The number of nitrogens with one attached hydrogen (secondary N) is 1. The zero-order valence-corrected chi connectivity index (χ0v) is 8.68. The molecule has 1 N–H and O–H groups in total. The molecule has 4 heteroatoms. The van der Waals surface area contributed by atoms with Gasteiger partial charge in [-0.15, -0.1) is 11.8 Å². The van der Waals surface area contributed by atoms with Crippen molar-refractivity contribution >= 4 is 28.4 Å². The van der Waals surface area contributed by atoms with Crippen molar-refractivity contribution < 1.29 is 4.39 Å². The van der Waals surface area contributed by atoms with E-state index in [4.69, 9.17) is 17.0 Å². The Kier molecular flexibility index (Phi) is 3.75. The van der Waals surface area contributed by atoms with Gasteiger partial charge in [0.1, 0.15) is 5.82 Å². The first-order valence-corrected chi connectivity index (χ1v) is 5.08. The van der Waals surface area contributed by atoms with Gasteiger partial charge in [-0.3, -0.25) is 5.41 Å². The molecule has 0 spiro atoms. The molecule has 0 aromatic heterocycles. The van der Waals surface area contributed by atoms with E-state index < -0.39 is 5.82 Å². The highest BCUT2D eigenvalue weighted by molar-refractivity contribution is 8.13. The maximum absolute atomic E-state index is 12.9. The zero-order chi connectivity index (χ0) is 9.84. The number of rotatable bonds is 2. The monoisotopic (exact) mass is 217 g/mol. The fraction of sp³-hybridized carbons (Fsp3) is 0.222. The Morgan fingerprint density at radius 3 is 2.85 bits per heavy atom. The van der Waals surface area contributed by atoms with Crippen LogP contribution in [0.5, 0.6) is 0 Å². The van der Waals surface area contributed by atoms with E-state index in [9.17, 15) is 4.39 Å². The van der Waals surface area contributed by atoms with Crippen LogP contribution in [0, 0.1) is 11.2 Å². The van der Waals surface area contributed by atoms with Gasteiger partial charge in [0.15, 0.2) is 0 Å². The summed E-state index contributed by atoms with van der Waals surface area (Å²) in [4.78, 5) is 0. The summed E-state index contributed by atoms with van der Waals surface area (Å²) in [6, 6.07) is 4.70. The molecule has 13 heavy (non-hydrogen) atoms. The Morgan fingerprint density at radius 1 is 1.62 bits per heavy atom. The van der Waals surface area contributed by atoms with E-state index in [-0.39, 0.29) is 5.02 Å². The van der Waals surface area contributed by atoms with Crippen molar-refractivity contribution in [1.82, 2.24) is 0 Å². The fourth-order valence-electron chi connectivity index (χ4n) is 0.821. The minimum atomic E-state index is -0.401. The van der Waals surface area contributed by atoms with Crippen molar-refractivity contribution in [3.05, 3.63) is 34.6 Å². The van der Waals surface area contributed by atoms with Gasteiger partial charge in [-0.2, -0.15) is 0 Å². The molecule has 0 fully saturated rings. The highest BCUT2D eigenvalue weighted by atomic mass is 35.5. The Hall–Kier alpha value is -0.540. The van der Waals surface area contributed by atoms with Crippen LogP contribution in [-0.4, -0.2) is 5.04 Å². The van der Waals surface area contributed by atoms with Gasteiger partial charge in [0.05, 0.1) is 10.1 Å². The molecule has 70 valence electrons.